The molecule has 6 rings (SSSR count). The second kappa shape index (κ2) is 14.9. The van der Waals surface area contributed by atoms with E-state index >= 15 is 0 Å². The Morgan fingerprint density at radius 2 is 1.92 bits per heavy atom. The Morgan fingerprint density at radius 3 is 2.65 bits per heavy atom. The minimum Gasteiger partial charge on any atom is -0.394 e. The van der Waals surface area contributed by atoms with Crippen molar-refractivity contribution in [3.8, 4) is 0 Å². The third-order valence-electron chi connectivity index (χ3n) is 8.65. The van der Waals surface area contributed by atoms with E-state index in [4.69, 9.17) is 33.7 Å². The highest BCUT2D eigenvalue weighted by molar-refractivity contribution is 7.51. The van der Waals surface area contributed by atoms with Crippen molar-refractivity contribution in [2.45, 2.75) is 56.3 Å². The van der Waals surface area contributed by atoms with Gasteiger partial charge in [0, 0.05) is 51.5 Å². The van der Waals surface area contributed by atoms with Crippen LogP contribution in [0, 0.1) is 6.92 Å². The van der Waals surface area contributed by atoms with Gasteiger partial charge in [-0.1, -0.05) is 0 Å². The van der Waals surface area contributed by atoms with E-state index in [0.29, 0.717) is 32.8 Å². The molecule has 21 nitrogen and oxygen atoms in total. The van der Waals surface area contributed by atoms with Crippen molar-refractivity contribution in [3.05, 3.63) is 49.3 Å². The zero-order valence-electron chi connectivity index (χ0n) is 26.8. The van der Waals surface area contributed by atoms with Gasteiger partial charge in [-0.25, -0.2) is 19.4 Å². The van der Waals surface area contributed by atoms with E-state index in [9.17, 15) is 29.2 Å². The number of nitrogens with two attached hydrogens (primary N) is 1. The van der Waals surface area contributed by atoms with Gasteiger partial charge in [0.05, 0.1) is 32.8 Å². The van der Waals surface area contributed by atoms with Crippen molar-refractivity contribution in [2.24, 2.45) is 0 Å². The van der Waals surface area contributed by atoms with E-state index in [1.165, 1.54) is 35.7 Å². The summed E-state index contributed by atoms with van der Waals surface area (Å²) in [6.45, 7) is 3.71. The van der Waals surface area contributed by atoms with Crippen LogP contribution < -0.4 is 27.6 Å². The molecule has 22 heteroatoms. The van der Waals surface area contributed by atoms with Crippen molar-refractivity contribution in [3.63, 3.8) is 0 Å². The minimum atomic E-state index is -4.24. The van der Waals surface area contributed by atoms with E-state index in [1.807, 2.05) is 0 Å². The van der Waals surface area contributed by atoms with Crippen LogP contribution in [0.5, 0.6) is 0 Å². The molecule has 0 bridgehead atoms. The lowest BCUT2D eigenvalue weighted by molar-refractivity contribution is -0.0600. The van der Waals surface area contributed by atoms with Gasteiger partial charge in [0.15, 0.2) is 17.4 Å². The molecule has 3 saturated heterocycles. The Morgan fingerprint density at radius 1 is 1.14 bits per heavy atom. The SMILES string of the molecule is CO[C@@H]1C(O)[C@@H](COP(=O)(NCCN2CCOCC2)OC2C[C@H](n3cc(C)c(=O)[nH]c3=O)O[C@@H]2CO)O[C@H]1n1cnc2c(=O)[nH]c(N)nc21. The molecule has 270 valence electrons. The molecule has 0 aromatic carbocycles. The van der Waals surface area contributed by atoms with Gasteiger partial charge >= 0.3 is 13.4 Å². The summed E-state index contributed by atoms with van der Waals surface area (Å²) in [5, 5.41) is 24.2. The number of aryl methyl sites for hydroxylation is 1. The number of morpholine rings is 1. The average molecular weight is 714 g/mol. The average Bonchev–Trinajstić information content (AvgIpc) is 3.77. The molecular formula is C27H40N9O12P. The molecule has 7 N–H and O–H groups in total. The van der Waals surface area contributed by atoms with Gasteiger partial charge in [0.1, 0.15) is 36.7 Å². The summed E-state index contributed by atoms with van der Waals surface area (Å²) in [5.74, 6) is -0.146. The topological polar surface area (TPSA) is 273 Å². The predicted molar refractivity (Wildman–Crippen MR) is 169 cm³/mol. The van der Waals surface area contributed by atoms with Crippen molar-refractivity contribution in [2.75, 3.05) is 65.5 Å². The number of rotatable bonds is 13. The van der Waals surface area contributed by atoms with Gasteiger partial charge in [0.2, 0.25) is 5.95 Å². The standard InChI is InChI=1S/C27H40N9O12P/c1-14-10-35(27(41)33-23(14)39)18-9-15(16(11-37)46-18)48-49(42,30-3-4-34-5-7-44-8-6-34)45-12-17-20(38)21(43-2)25(47-17)36-13-29-19-22(36)31-26(28)32-24(19)40/h10,13,15-18,20-21,25,37-38H,3-9,11-12H2,1-2H3,(H,30,42)(H,33,39,41)(H3,28,31,32,40)/t15?,16-,17-,18-,20?,21-,25-,49?/m1/s1. The number of aromatic nitrogens is 6. The maximum Gasteiger partial charge on any atom is 0.406 e. The fraction of sp³-hybridized carbons (Fsp3) is 0.667. The lowest BCUT2D eigenvalue weighted by atomic mass is 10.1. The van der Waals surface area contributed by atoms with Crippen LogP contribution in [0.1, 0.15) is 24.4 Å². The number of nitrogens with one attached hydrogen (secondary N) is 3. The van der Waals surface area contributed by atoms with Gasteiger partial charge in [-0.3, -0.25) is 42.6 Å². The molecular weight excluding hydrogens is 673 g/mol. The van der Waals surface area contributed by atoms with Crippen LogP contribution in [-0.4, -0.2) is 134 Å². The van der Waals surface area contributed by atoms with Gasteiger partial charge < -0.3 is 34.9 Å². The highest BCUT2D eigenvalue weighted by Crippen LogP contribution is 2.49. The fourth-order valence-electron chi connectivity index (χ4n) is 6.04. The number of H-pyrrole nitrogens is 2. The van der Waals surface area contributed by atoms with Crippen molar-refractivity contribution in [1.82, 2.24) is 39.1 Å². The summed E-state index contributed by atoms with van der Waals surface area (Å²) in [6, 6.07) is 0. The molecule has 49 heavy (non-hydrogen) atoms. The monoisotopic (exact) mass is 713 g/mol. The molecule has 3 aromatic heterocycles. The van der Waals surface area contributed by atoms with E-state index in [2.05, 4.69) is 29.9 Å². The number of hydrogen-bond donors (Lipinski definition) is 6. The molecule has 0 saturated carbocycles. The first-order valence-electron chi connectivity index (χ1n) is 15.7. The number of aliphatic hydroxyl groups is 2. The first-order valence-corrected chi connectivity index (χ1v) is 17.2. The molecule has 0 aliphatic carbocycles. The number of nitrogens with zero attached hydrogens (tertiary/aromatic N) is 5. The first kappa shape index (κ1) is 35.5. The van der Waals surface area contributed by atoms with E-state index < -0.39 is 80.7 Å². The van der Waals surface area contributed by atoms with Crippen LogP contribution in [0.4, 0.5) is 5.95 Å². The van der Waals surface area contributed by atoms with Crippen LogP contribution in [0.2, 0.25) is 0 Å². The summed E-state index contributed by atoms with van der Waals surface area (Å²) in [7, 11) is -2.88. The Kier molecular flexibility index (Phi) is 10.8. The Bertz CT molecular complexity index is 1840. The molecule has 3 aliphatic heterocycles. The highest BCUT2D eigenvalue weighted by atomic mass is 31.2. The number of imidazole rings is 1. The summed E-state index contributed by atoms with van der Waals surface area (Å²) in [4.78, 5) is 51.7. The molecule has 6 heterocycles. The summed E-state index contributed by atoms with van der Waals surface area (Å²) in [6.07, 6.45) is -4.75. The number of ether oxygens (including phenoxy) is 4. The minimum absolute atomic E-state index is 0.000906. The summed E-state index contributed by atoms with van der Waals surface area (Å²) < 4.78 is 51.7. The van der Waals surface area contributed by atoms with E-state index in [-0.39, 0.29) is 35.6 Å². The van der Waals surface area contributed by atoms with E-state index in [1.54, 1.807) is 0 Å². The number of aromatic amines is 2. The van der Waals surface area contributed by atoms with Crippen LogP contribution in [0.25, 0.3) is 11.2 Å². The second-order valence-electron chi connectivity index (χ2n) is 11.9. The number of nitrogen functional groups attached to an aromatic ring is 1. The molecule has 3 fully saturated rings. The summed E-state index contributed by atoms with van der Waals surface area (Å²) >= 11 is 0. The third-order valence-corrected chi connectivity index (χ3v) is 10.3. The van der Waals surface area contributed by atoms with Gasteiger partial charge in [-0.2, -0.15) is 4.98 Å². The number of aliphatic hydroxyl groups excluding tert-OH is 2. The number of fused-ring (bicyclic) bond motifs is 1. The van der Waals surface area contributed by atoms with E-state index in [0.717, 1.165) is 0 Å². The molecule has 3 aromatic rings. The van der Waals surface area contributed by atoms with Crippen molar-refractivity contribution >= 4 is 24.9 Å². The maximum absolute atomic E-state index is 14.4. The predicted octanol–water partition coefficient (Wildman–Crippen LogP) is -2.45. The van der Waals surface area contributed by atoms with Crippen molar-refractivity contribution < 1.29 is 42.8 Å². The Labute approximate surface area is 277 Å². The molecule has 8 atom stereocenters. The lowest BCUT2D eigenvalue weighted by Crippen LogP contribution is -2.40. The van der Waals surface area contributed by atoms with Gasteiger partial charge in [0.25, 0.3) is 11.1 Å². The normalized spacial score (nSPS) is 29.1. The first-order chi connectivity index (χ1) is 23.5. The molecule has 0 amide bonds. The Balaban J connectivity index is 1.20. The van der Waals surface area contributed by atoms with Crippen LogP contribution in [-0.2, 0) is 32.6 Å². The molecule has 0 radical (unpaired) electrons. The smallest absolute Gasteiger partial charge is 0.394 e. The Hall–Kier alpha value is -3.34. The van der Waals surface area contributed by atoms with Crippen molar-refractivity contribution in [1.29, 1.82) is 0 Å². The number of anilines is 1. The fourth-order valence-corrected chi connectivity index (χ4v) is 7.57. The lowest BCUT2D eigenvalue weighted by Gasteiger charge is -2.29. The number of hydrogen-bond acceptors (Lipinski definition) is 16. The van der Waals surface area contributed by atoms with Crippen LogP contribution >= 0.6 is 7.75 Å². The van der Waals surface area contributed by atoms with Crippen LogP contribution in [0.15, 0.2) is 26.9 Å². The zero-order chi connectivity index (χ0) is 34.9. The molecule has 3 aliphatic rings. The second-order valence-corrected chi connectivity index (χ2v) is 13.6. The zero-order valence-corrected chi connectivity index (χ0v) is 27.7. The largest absolute Gasteiger partial charge is 0.406 e. The summed E-state index contributed by atoms with van der Waals surface area (Å²) in [5.41, 5.74) is 4.28. The number of methoxy groups -OCH3 is 1. The van der Waals surface area contributed by atoms with Gasteiger partial charge in [-0.15, -0.1) is 0 Å². The maximum atomic E-state index is 14.4. The quantitative estimate of drug-likeness (QED) is 0.100. The third kappa shape index (κ3) is 7.56. The van der Waals surface area contributed by atoms with Crippen LogP contribution in [0.3, 0.4) is 0 Å². The molecule has 0 spiro atoms. The molecule has 3 unspecified atom stereocenters. The van der Waals surface area contributed by atoms with Gasteiger partial charge in [-0.05, 0) is 6.92 Å². The highest BCUT2D eigenvalue weighted by Gasteiger charge is 2.48.